The lowest BCUT2D eigenvalue weighted by molar-refractivity contribution is -0.130. The highest BCUT2D eigenvalue weighted by Crippen LogP contribution is 2.30. The second-order valence-electron chi connectivity index (χ2n) is 5.03. The smallest absolute Gasteiger partial charge is 0.279 e. The number of fused-ring (bicyclic) bond motifs is 1. The molecule has 2 aromatic rings. The van der Waals surface area contributed by atoms with Gasteiger partial charge in [-0.05, 0) is 30.3 Å². The van der Waals surface area contributed by atoms with Gasteiger partial charge in [0.15, 0.2) is 11.5 Å². The van der Waals surface area contributed by atoms with Gasteiger partial charge < -0.3 is 9.47 Å². The summed E-state index contributed by atoms with van der Waals surface area (Å²) >= 11 is 0. The molecule has 7 nitrogen and oxygen atoms in total. The average molecular weight is 370 g/mol. The summed E-state index contributed by atoms with van der Waals surface area (Å²) in [7, 11) is -4.50. The van der Waals surface area contributed by atoms with E-state index in [4.69, 9.17) is 9.47 Å². The van der Waals surface area contributed by atoms with Gasteiger partial charge in [0, 0.05) is 0 Å². The summed E-state index contributed by atoms with van der Waals surface area (Å²) in [5.41, 5.74) is 1.90. The van der Waals surface area contributed by atoms with Crippen molar-refractivity contribution < 1.29 is 31.5 Å². The lowest BCUT2D eigenvalue weighted by Crippen LogP contribution is -2.50. The second-order valence-corrected chi connectivity index (χ2v) is 6.68. The number of carbonyl (C=O) groups is 1. The van der Waals surface area contributed by atoms with E-state index in [9.17, 15) is 22.0 Å². The predicted molar refractivity (Wildman–Crippen MR) is 81.2 cm³/mol. The Morgan fingerprint density at radius 1 is 1.12 bits per heavy atom. The van der Waals surface area contributed by atoms with Crippen LogP contribution in [0.25, 0.3) is 0 Å². The van der Waals surface area contributed by atoms with Crippen LogP contribution in [0.4, 0.5) is 8.78 Å². The van der Waals surface area contributed by atoms with Gasteiger partial charge in [0.05, 0.1) is 0 Å². The fourth-order valence-corrected chi connectivity index (χ4v) is 3.02. The molecule has 1 heterocycles. The molecule has 0 bridgehead atoms. The molecule has 0 aliphatic carbocycles. The van der Waals surface area contributed by atoms with Crippen molar-refractivity contribution in [2.45, 2.75) is 11.0 Å². The van der Waals surface area contributed by atoms with Crippen molar-refractivity contribution in [2.24, 2.45) is 0 Å². The van der Waals surface area contributed by atoms with Crippen LogP contribution in [-0.2, 0) is 14.8 Å². The van der Waals surface area contributed by atoms with Gasteiger partial charge in [-0.25, -0.2) is 17.2 Å². The Kier molecular flexibility index (Phi) is 4.55. The molecular weight excluding hydrogens is 358 g/mol. The average Bonchev–Trinajstić information content (AvgIpc) is 2.61. The van der Waals surface area contributed by atoms with E-state index in [-0.39, 0.29) is 6.61 Å². The molecule has 2 aromatic carbocycles. The summed E-state index contributed by atoms with van der Waals surface area (Å²) in [6.07, 6.45) is -1.12. The number of hydrogen-bond donors (Lipinski definition) is 2. The first-order chi connectivity index (χ1) is 11.9. The zero-order valence-electron chi connectivity index (χ0n) is 12.5. The van der Waals surface area contributed by atoms with Gasteiger partial charge in [-0.15, -0.1) is 4.83 Å². The monoisotopic (exact) mass is 370 g/mol. The van der Waals surface area contributed by atoms with Crippen molar-refractivity contribution in [3.63, 3.8) is 0 Å². The van der Waals surface area contributed by atoms with Gasteiger partial charge in [-0.2, -0.15) is 0 Å². The molecule has 0 radical (unpaired) electrons. The van der Waals surface area contributed by atoms with Crippen LogP contribution in [0, 0.1) is 11.6 Å². The van der Waals surface area contributed by atoms with Gasteiger partial charge in [0.1, 0.15) is 23.1 Å². The van der Waals surface area contributed by atoms with Crippen LogP contribution in [0.3, 0.4) is 0 Å². The Bertz CT molecular complexity index is 920. The van der Waals surface area contributed by atoms with Gasteiger partial charge in [-0.3, -0.25) is 10.2 Å². The maximum Gasteiger partial charge on any atom is 0.279 e. The number of benzene rings is 2. The predicted octanol–water partition coefficient (Wildman–Crippen LogP) is 1.11. The highest BCUT2D eigenvalue weighted by molar-refractivity contribution is 7.89. The van der Waals surface area contributed by atoms with E-state index < -0.39 is 38.6 Å². The van der Waals surface area contributed by atoms with Crippen molar-refractivity contribution in [1.29, 1.82) is 0 Å². The summed E-state index contributed by atoms with van der Waals surface area (Å²) < 4.78 is 61.4. The second kappa shape index (κ2) is 6.65. The zero-order valence-corrected chi connectivity index (χ0v) is 13.3. The molecule has 132 valence electrons. The van der Waals surface area contributed by atoms with Crippen LogP contribution in [0.5, 0.6) is 11.5 Å². The Labute approximate surface area is 141 Å². The Morgan fingerprint density at radius 3 is 2.60 bits per heavy atom. The molecule has 0 spiro atoms. The third-order valence-corrected chi connectivity index (χ3v) is 4.56. The molecule has 1 atom stereocenters. The van der Waals surface area contributed by atoms with Gasteiger partial charge in [0.2, 0.25) is 6.10 Å². The van der Waals surface area contributed by atoms with E-state index in [1.165, 1.54) is 0 Å². The van der Waals surface area contributed by atoms with Crippen molar-refractivity contribution in [1.82, 2.24) is 10.3 Å². The van der Waals surface area contributed by atoms with Gasteiger partial charge in [0.25, 0.3) is 15.9 Å². The normalized spacial score (nSPS) is 16.3. The number of amides is 1. The van der Waals surface area contributed by atoms with Gasteiger partial charge >= 0.3 is 0 Å². The summed E-state index contributed by atoms with van der Waals surface area (Å²) in [6.45, 7) is -0.140. The number of ether oxygens (including phenoxy) is 2. The molecule has 1 aliphatic heterocycles. The maximum atomic E-state index is 13.6. The summed E-state index contributed by atoms with van der Waals surface area (Å²) in [5, 5.41) is 0. The largest absolute Gasteiger partial charge is 0.485 e. The quantitative estimate of drug-likeness (QED) is 0.787. The number of carbonyl (C=O) groups excluding carboxylic acids is 1. The van der Waals surface area contributed by atoms with Crippen LogP contribution >= 0.6 is 0 Å². The number of hydrazine groups is 1. The Balaban J connectivity index is 1.67. The minimum Gasteiger partial charge on any atom is -0.485 e. The van der Waals surface area contributed by atoms with E-state index in [2.05, 4.69) is 0 Å². The van der Waals surface area contributed by atoms with E-state index >= 15 is 0 Å². The minimum atomic E-state index is -4.50. The summed E-state index contributed by atoms with van der Waals surface area (Å²) in [5.74, 6) is -2.17. The first kappa shape index (κ1) is 17.1. The number of rotatable bonds is 4. The molecule has 0 aromatic heterocycles. The molecule has 1 aliphatic rings. The van der Waals surface area contributed by atoms with Crippen LogP contribution in [0.2, 0.25) is 0 Å². The first-order valence-electron chi connectivity index (χ1n) is 7.02. The number of hydrogen-bond acceptors (Lipinski definition) is 5. The Morgan fingerprint density at radius 2 is 1.84 bits per heavy atom. The Hall–Kier alpha value is -2.72. The van der Waals surface area contributed by atoms with Gasteiger partial charge in [-0.1, -0.05) is 12.1 Å². The van der Waals surface area contributed by atoms with Crippen LogP contribution in [0.15, 0.2) is 47.4 Å². The highest BCUT2D eigenvalue weighted by Gasteiger charge is 2.29. The van der Waals surface area contributed by atoms with Crippen molar-refractivity contribution >= 4 is 15.9 Å². The molecule has 25 heavy (non-hydrogen) atoms. The maximum absolute atomic E-state index is 13.6. The SMILES string of the molecule is O=C(NNS(=O)(=O)c1cc(F)ccc1F)[C@H]1COc2ccccc2O1. The van der Waals surface area contributed by atoms with E-state index in [0.29, 0.717) is 23.6 Å². The van der Waals surface area contributed by atoms with E-state index in [1.54, 1.807) is 29.1 Å². The van der Waals surface area contributed by atoms with Crippen LogP contribution in [-0.4, -0.2) is 27.0 Å². The molecule has 0 saturated carbocycles. The summed E-state index contributed by atoms with van der Waals surface area (Å²) in [6, 6.07) is 8.58. The van der Waals surface area contributed by atoms with Crippen LogP contribution in [0.1, 0.15) is 0 Å². The third-order valence-electron chi connectivity index (χ3n) is 3.29. The number of para-hydroxylation sites is 2. The van der Waals surface area contributed by atoms with E-state index in [1.807, 2.05) is 5.43 Å². The van der Waals surface area contributed by atoms with Crippen LogP contribution < -0.4 is 19.7 Å². The van der Waals surface area contributed by atoms with Crippen molar-refractivity contribution in [3.8, 4) is 11.5 Å². The zero-order chi connectivity index (χ0) is 18.0. The first-order valence-corrected chi connectivity index (χ1v) is 8.50. The lowest BCUT2D eigenvalue weighted by atomic mass is 10.2. The summed E-state index contributed by atoms with van der Waals surface area (Å²) in [4.78, 5) is 12.8. The number of sulfonamides is 1. The molecule has 2 N–H and O–H groups in total. The molecule has 0 fully saturated rings. The third kappa shape index (κ3) is 3.69. The standard InChI is InChI=1S/C15H12F2N2O5S/c16-9-5-6-10(17)14(7-9)25(21,22)19-18-15(20)13-8-23-11-3-1-2-4-12(11)24-13/h1-7,13,19H,8H2,(H,18,20)/t13-/m1/s1. The fourth-order valence-electron chi connectivity index (χ4n) is 2.08. The lowest BCUT2D eigenvalue weighted by Gasteiger charge is -2.25. The number of nitrogens with one attached hydrogen (secondary N) is 2. The number of halogens is 2. The van der Waals surface area contributed by atoms with Crippen molar-refractivity contribution in [2.75, 3.05) is 6.61 Å². The van der Waals surface area contributed by atoms with E-state index in [0.717, 1.165) is 6.07 Å². The topological polar surface area (TPSA) is 93.7 Å². The molecule has 0 unspecified atom stereocenters. The molecule has 1 amide bonds. The van der Waals surface area contributed by atoms with Crippen molar-refractivity contribution in [3.05, 3.63) is 54.1 Å². The fraction of sp³-hybridized carbons (Fsp3) is 0.133. The molecule has 10 heteroatoms. The highest BCUT2D eigenvalue weighted by atomic mass is 32.2. The molecule has 3 rings (SSSR count). The molecular formula is C15H12F2N2O5S. The minimum absolute atomic E-state index is 0.140. The molecule has 0 saturated heterocycles.